The third kappa shape index (κ3) is 3.94. The van der Waals surface area contributed by atoms with Crippen LogP contribution in [-0.2, 0) is 6.42 Å². The summed E-state index contributed by atoms with van der Waals surface area (Å²) in [5.74, 6) is 1.10. The van der Waals surface area contributed by atoms with E-state index >= 15 is 0 Å². The van der Waals surface area contributed by atoms with E-state index < -0.39 is 0 Å². The average molecular weight is 524 g/mol. The Balaban J connectivity index is 1.19. The summed E-state index contributed by atoms with van der Waals surface area (Å²) < 4.78 is 6.40. The molecule has 0 spiro atoms. The third-order valence-corrected chi connectivity index (χ3v) is 8.33. The lowest BCUT2D eigenvalue weighted by Gasteiger charge is -2.11. The Bertz CT molecular complexity index is 2210. The van der Waals surface area contributed by atoms with Crippen LogP contribution in [0, 0.1) is 11.3 Å². The molecule has 0 fully saturated rings. The fourth-order valence-corrected chi connectivity index (χ4v) is 6.23. The fourth-order valence-electron chi connectivity index (χ4n) is 6.23. The van der Waals surface area contributed by atoms with Crippen LogP contribution in [0.15, 0.2) is 126 Å². The Hall–Kier alpha value is -5.39. The fraction of sp³-hybridized carbons (Fsp3) is 0.0513. The summed E-state index contributed by atoms with van der Waals surface area (Å²) in [5.41, 5.74) is 9.86. The summed E-state index contributed by atoms with van der Waals surface area (Å²) in [7, 11) is 0. The molecule has 1 aliphatic carbocycles. The van der Waals surface area contributed by atoms with Crippen molar-refractivity contribution >= 4 is 38.6 Å². The molecule has 41 heavy (non-hydrogen) atoms. The molecule has 1 heterocycles. The zero-order valence-corrected chi connectivity index (χ0v) is 22.4. The molecular formula is C39H25NO. The van der Waals surface area contributed by atoms with Gasteiger partial charge in [0.1, 0.15) is 11.3 Å². The highest BCUT2D eigenvalue weighted by molar-refractivity contribution is 6.14. The van der Waals surface area contributed by atoms with E-state index in [1.54, 1.807) is 0 Å². The van der Waals surface area contributed by atoms with Crippen LogP contribution in [0.5, 0.6) is 0 Å². The van der Waals surface area contributed by atoms with Crippen molar-refractivity contribution in [1.29, 1.82) is 5.26 Å². The molecule has 6 aromatic carbocycles. The second-order valence-electron chi connectivity index (χ2n) is 10.8. The molecule has 7 aromatic rings. The van der Waals surface area contributed by atoms with Gasteiger partial charge in [-0.25, -0.2) is 0 Å². The van der Waals surface area contributed by atoms with Crippen molar-refractivity contribution in [3.63, 3.8) is 0 Å². The lowest BCUT2D eigenvalue weighted by Crippen LogP contribution is -1.88. The van der Waals surface area contributed by atoms with Crippen LogP contribution >= 0.6 is 0 Å². The van der Waals surface area contributed by atoms with Crippen LogP contribution in [0.4, 0.5) is 0 Å². The Morgan fingerprint density at radius 2 is 1.27 bits per heavy atom. The number of allylic oxidation sites excluding steroid dienone is 1. The molecule has 0 amide bonds. The van der Waals surface area contributed by atoms with Crippen LogP contribution in [0.25, 0.3) is 72.0 Å². The number of hydrogen-bond donors (Lipinski definition) is 0. The van der Waals surface area contributed by atoms with E-state index in [-0.39, 0.29) is 0 Å². The van der Waals surface area contributed by atoms with Gasteiger partial charge in [0.25, 0.3) is 0 Å². The molecule has 0 N–H and O–H groups in total. The molecule has 192 valence electrons. The van der Waals surface area contributed by atoms with E-state index in [4.69, 9.17) is 4.42 Å². The molecule has 2 heteroatoms. The zero-order chi connectivity index (χ0) is 27.3. The van der Waals surface area contributed by atoms with Gasteiger partial charge in [-0.05, 0) is 86.3 Å². The predicted molar refractivity (Wildman–Crippen MR) is 170 cm³/mol. The number of fused-ring (bicyclic) bond motifs is 6. The molecule has 2 nitrogen and oxygen atoms in total. The number of hydrogen-bond acceptors (Lipinski definition) is 2. The van der Waals surface area contributed by atoms with Crippen LogP contribution in [0.2, 0.25) is 0 Å². The second-order valence-corrected chi connectivity index (χ2v) is 10.8. The topological polar surface area (TPSA) is 36.9 Å². The van der Waals surface area contributed by atoms with E-state index in [1.165, 1.54) is 54.7 Å². The Morgan fingerprint density at radius 3 is 2.05 bits per heavy atom. The first-order valence-corrected chi connectivity index (χ1v) is 14.0. The largest absolute Gasteiger partial charge is 0.460 e. The van der Waals surface area contributed by atoms with Crippen molar-refractivity contribution in [2.45, 2.75) is 12.8 Å². The molecular weight excluding hydrogens is 498 g/mol. The highest BCUT2D eigenvalue weighted by Gasteiger charge is 2.19. The second kappa shape index (κ2) is 9.37. The summed E-state index contributed by atoms with van der Waals surface area (Å²) in [4.78, 5) is 0. The van der Waals surface area contributed by atoms with Crippen LogP contribution in [-0.4, -0.2) is 0 Å². The zero-order valence-electron chi connectivity index (χ0n) is 22.4. The number of nitriles is 1. The molecule has 0 bridgehead atoms. The normalized spacial score (nSPS) is 12.6. The predicted octanol–water partition coefficient (Wildman–Crippen LogP) is 10.6. The lowest BCUT2D eigenvalue weighted by molar-refractivity contribution is 0.549. The molecule has 1 aromatic heterocycles. The number of furan rings is 1. The minimum Gasteiger partial charge on any atom is -0.460 e. The lowest BCUT2D eigenvalue weighted by atomic mass is 9.92. The minimum absolute atomic E-state index is 0.675. The van der Waals surface area contributed by atoms with Gasteiger partial charge in [-0.2, -0.15) is 5.26 Å². The van der Waals surface area contributed by atoms with E-state index in [0.717, 1.165) is 35.3 Å². The number of rotatable bonds is 3. The van der Waals surface area contributed by atoms with Gasteiger partial charge in [-0.3, -0.25) is 0 Å². The van der Waals surface area contributed by atoms with Gasteiger partial charge in [0.05, 0.1) is 11.6 Å². The van der Waals surface area contributed by atoms with Gasteiger partial charge >= 0.3 is 0 Å². The molecule has 0 atom stereocenters. The summed E-state index contributed by atoms with van der Waals surface area (Å²) in [6.07, 6.45) is 6.46. The average Bonchev–Trinajstić information content (AvgIpc) is 3.43. The van der Waals surface area contributed by atoms with Gasteiger partial charge in [0, 0.05) is 22.8 Å². The first-order chi connectivity index (χ1) is 20.2. The van der Waals surface area contributed by atoms with Crippen molar-refractivity contribution < 1.29 is 4.42 Å². The number of nitrogens with zero attached hydrogens (tertiary/aromatic N) is 1. The van der Waals surface area contributed by atoms with Gasteiger partial charge in [0.15, 0.2) is 0 Å². The first kappa shape index (κ1) is 23.5. The molecule has 0 radical (unpaired) electrons. The van der Waals surface area contributed by atoms with Crippen LogP contribution in [0.1, 0.15) is 23.3 Å². The van der Waals surface area contributed by atoms with Crippen molar-refractivity contribution in [2.75, 3.05) is 0 Å². The molecule has 0 unspecified atom stereocenters. The minimum atomic E-state index is 0.675. The van der Waals surface area contributed by atoms with Crippen LogP contribution < -0.4 is 0 Å². The SMILES string of the molecule is N#Cc1cccc(-c2ccc(-c3ccc4cc(-c5cc6c7c(oc6c6ccccc56)CCC=C7)ccc4c3)cc2)c1. The van der Waals surface area contributed by atoms with Crippen LogP contribution in [0.3, 0.4) is 0 Å². The highest BCUT2D eigenvalue weighted by Crippen LogP contribution is 2.41. The van der Waals surface area contributed by atoms with Gasteiger partial charge in [-0.1, -0.05) is 97.1 Å². The molecule has 0 saturated heterocycles. The maximum Gasteiger partial charge on any atom is 0.142 e. The third-order valence-electron chi connectivity index (χ3n) is 8.33. The van der Waals surface area contributed by atoms with E-state index in [1.807, 2.05) is 24.3 Å². The van der Waals surface area contributed by atoms with Crippen molar-refractivity contribution in [3.8, 4) is 39.4 Å². The number of aryl methyl sites for hydroxylation is 1. The quantitative estimate of drug-likeness (QED) is 0.231. The molecule has 0 saturated carbocycles. The summed E-state index contributed by atoms with van der Waals surface area (Å²) in [6, 6.07) is 42.9. The van der Waals surface area contributed by atoms with Gasteiger partial charge < -0.3 is 4.42 Å². The summed E-state index contributed by atoms with van der Waals surface area (Å²) >= 11 is 0. The number of benzene rings is 6. The van der Waals surface area contributed by atoms with E-state index in [9.17, 15) is 5.26 Å². The van der Waals surface area contributed by atoms with Gasteiger partial charge in [0.2, 0.25) is 0 Å². The smallest absolute Gasteiger partial charge is 0.142 e. The maximum absolute atomic E-state index is 9.24. The summed E-state index contributed by atoms with van der Waals surface area (Å²) in [6.45, 7) is 0. The molecule has 8 rings (SSSR count). The van der Waals surface area contributed by atoms with Crippen molar-refractivity contribution in [3.05, 3.63) is 138 Å². The monoisotopic (exact) mass is 523 g/mol. The Kier molecular flexibility index (Phi) is 5.37. The maximum atomic E-state index is 9.24. The molecule has 0 aliphatic heterocycles. The molecule has 1 aliphatic rings. The summed E-state index contributed by atoms with van der Waals surface area (Å²) in [5, 5.41) is 15.2. The van der Waals surface area contributed by atoms with Crippen molar-refractivity contribution in [2.24, 2.45) is 0 Å². The van der Waals surface area contributed by atoms with Gasteiger partial charge in [-0.15, -0.1) is 0 Å². The van der Waals surface area contributed by atoms with Crippen molar-refractivity contribution in [1.82, 2.24) is 0 Å². The highest BCUT2D eigenvalue weighted by atomic mass is 16.3. The van der Waals surface area contributed by atoms with E-state index in [0.29, 0.717) is 5.56 Å². The van der Waals surface area contributed by atoms with E-state index in [2.05, 4.69) is 109 Å². The Morgan fingerprint density at radius 1 is 0.585 bits per heavy atom. The Labute approximate surface area is 238 Å². The first-order valence-electron chi connectivity index (χ1n) is 14.0. The standard InChI is InChI=1S/C39H25NO/c40-24-25-6-5-7-28(20-25)26-12-14-27(15-13-26)29-16-17-31-22-32(19-18-30(31)21-29)36-23-37-34-9-3-4-11-38(34)41-39(37)35-10-2-1-8-33(35)36/h1-3,5-10,12-23H,4,11H2.